The molecule has 1 atom stereocenters. The minimum Gasteiger partial charge on any atom is -0.493 e. The largest absolute Gasteiger partial charge is 0.493 e. The van der Waals surface area contributed by atoms with Crippen molar-refractivity contribution in [2.24, 2.45) is 18.9 Å². The summed E-state index contributed by atoms with van der Waals surface area (Å²) in [6, 6.07) is 7.97. The molecule has 1 aliphatic heterocycles. The number of aromatic nitrogens is 2. The molecule has 0 N–H and O–H groups in total. The molecule has 0 saturated carbocycles. The summed E-state index contributed by atoms with van der Waals surface area (Å²) in [7, 11) is 1.83. The van der Waals surface area contributed by atoms with E-state index in [0.717, 1.165) is 31.5 Å². The van der Waals surface area contributed by atoms with E-state index in [1.165, 1.54) is 12.1 Å². The number of likely N-dealkylation sites (tertiary alicyclic amines) is 1. The van der Waals surface area contributed by atoms with Gasteiger partial charge in [0.15, 0.2) is 0 Å². The van der Waals surface area contributed by atoms with Crippen LogP contribution in [0.25, 0.3) is 0 Å². The van der Waals surface area contributed by atoms with E-state index >= 15 is 0 Å². The third kappa shape index (κ3) is 5.08. The van der Waals surface area contributed by atoms with E-state index in [-0.39, 0.29) is 17.6 Å². The van der Waals surface area contributed by atoms with Crippen molar-refractivity contribution in [2.75, 3.05) is 19.7 Å². The maximum atomic E-state index is 13.0. The average Bonchev–Trinajstić information content (AvgIpc) is 3.00. The Labute approximate surface area is 160 Å². The molecule has 5 nitrogen and oxygen atoms in total. The van der Waals surface area contributed by atoms with Gasteiger partial charge in [0.05, 0.1) is 12.3 Å². The number of halogens is 1. The highest BCUT2D eigenvalue weighted by atomic mass is 19.1. The number of ether oxygens (including phenoxy) is 1. The minimum absolute atomic E-state index is 0.0338. The first-order valence-corrected chi connectivity index (χ1v) is 9.63. The van der Waals surface area contributed by atoms with Crippen LogP contribution in [0.15, 0.2) is 30.3 Å². The van der Waals surface area contributed by atoms with Crippen LogP contribution in [-0.2, 0) is 13.5 Å². The van der Waals surface area contributed by atoms with E-state index in [1.807, 2.05) is 18.0 Å². The number of nitrogens with zero attached hydrogens (tertiary/aromatic N) is 3. The van der Waals surface area contributed by atoms with Crippen LogP contribution in [0.2, 0.25) is 0 Å². The van der Waals surface area contributed by atoms with E-state index in [1.54, 1.807) is 16.8 Å². The molecule has 0 radical (unpaired) electrons. The molecule has 2 heterocycles. The Morgan fingerprint density at radius 3 is 2.78 bits per heavy atom. The van der Waals surface area contributed by atoms with Crippen molar-refractivity contribution in [1.82, 2.24) is 14.7 Å². The Bertz CT molecular complexity index is 770. The first-order chi connectivity index (χ1) is 12.9. The summed E-state index contributed by atoms with van der Waals surface area (Å²) in [5.74, 6) is 1.20. The van der Waals surface area contributed by atoms with Gasteiger partial charge in [0, 0.05) is 26.1 Å². The molecule has 1 aromatic carbocycles. The highest BCUT2D eigenvalue weighted by molar-refractivity contribution is 5.92. The lowest BCUT2D eigenvalue weighted by molar-refractivity contribution is 0.0622. The van der Waals surface area contributed by atoms with E-state index in [0.29, 0.717) is 30.5 Å². The van der Waals surface area contributed by atoms with Crippen molar-refractivity contribution in [3.8, 4) is 5.75 Å². The number of rotatable bonds is 6. The van der Waals surface area contributed by atoms with Crippen LogP contribution in [0.1, 0.15) is 42.9 Å². The molecule has 0 spiro atoms. The molecule has 146 valence electrons. The summed E-state index contributed by atoms with van der Waals surface area (Å²) < 4.78 is 20.5. The molecule has 1 saturated heterocycles. The van der Waals surface area contributed by atoms with Gasteiger partial charge >= 0.3 is 0 Å². The number of hydrogen-bond donors (Lipinski definition) is 0. The first kappa shape index (κ1) is 19.4. The number of benzene rings is 1. The number of carbonyl (C=O) groups is 1. The highest BCUT2D eigenvalue weighted by Crippen LogP contribution is 2.21. The summed E-state index contributed by atoms with van der Waals surface area (Å²) in [5, 5.41) is 4.48. The molecule has 0 bridgehead atoms. The van der Waals surface area contributed by atoms with Crippen LogP contribution >= 0.6 is 0 Å². The van der Waals surface area contributed by atoms with Crippen LogP contribution in [0.4, 0.5) is 4.39 Å². The van der Waals surface area contributed by atoms with Crippen molar-refractivity contribution in [1.29, 1.82) is 0 Å². The fourth-order valence-corrected chi connectivity index (χ4v) is 3.54. The lowest BCUT2D eigenvalue weighted by atomic mass is 9.98. The molecule has 6 heteroatoms. The zero-order chi connectivity index (χ0) is 19.4. The SMILES string of the molecule is CC(C)Cc1cc(C(=O)N2CCCC(COc3ccc(F)cc3)C2)n(C)n1. The Morgan fingerprint density at radius 2 is 2.07 bits per heavy atom. The van der Waals surface area contributed by atoms with Gasteiger partial charge in [-0.1, -0.05) is 13.8 Å². The van der Waals surface area contributed by atoms with Gasteiger partial charge in [0.1, 0.15) is 17.3 Å². The molecule has 0 aliphatic carbocycles. The minimum atomic E-state index is -0.273. The maximum Gasteiger partial charge on any atom is 0.272 e. The third-order valence-electron chi connectivity index (χ3n) is 4.87. The number of amides is 1. The normalized spacial score (nSPS) is 17.4. The highest BCUT2D eigenvalue weighted by Gasteiger charge is 2.27. The molecule has 1 amide bonds. The summed E-state index contributed by atoms with van der Waals surface area (Å²) in [6.07, 6.45) is 2.85. The van der Waals surface area contributed by atoms with Gasteiger partial charge < -0.3 is 9.64 Å². The second kappa shape index (κ2) is 8.55. The van der Waals surface area contributed by atoms with Gasteiger partial charge in [0.25, 0.3) is 5.91 Å². The van der Waals surface area contributed by atoms with Crippen LogP contribution < -0.4 is 4.74 Å². The van der Waals surface area contributed by atoms with Crippen molar-refractivity contribution in [2.45, 2.75) is 33.1 Å². The number of hydrogen-bond acceptors (Lipinski definition) is 3. The van der Waals surface area contributed by atoms with Gasteiger partial charge in [-0.2, -0.15) is 5.10 Å². The molecule has 1 aromatic heterocycles. The van der Waals surface area contributed by atoms with Crippen LogP contribution in [-0.4, -0.2) is 40.3 Å². The van der Waals surface area contributed by atoms with Crippen LogP contribution in [0, 0.1) is 17.7 Å². The lowest BCUT2D eigenvalue weighted by Crippen LogP contribution is -2.42. The predicted octanol–water partition coefficient (Wildman–Crippen LogP) is 3.69. The maximum absolute atomic E-state index is 13.0. The van der Waals surface area contributed by atoms with Crippen molar-refractivity contribution in [3.63, 3.8) is 0 Å². The molecule has 27 heavy (non-hydrogen) atoms. The Morgan fingerprint density at radius 1 is 1.33 bits per heavy atom. The van der Waals surface area contributed by atoms with E-state index in [2.05, 4.69) is 18.9 Å². The van der Waals surface area contributed by atoms with Gasteiger partial charge in [0.2, 0.25) is 0 Å². The molecule has 1 unspecified atom stereocenters. The molecular weight excluding hydrogens is 345 g/mol. The Hall–Kier alpha value is -2.37. The zero-order valence-corrected chi connectivity index (χ0v) is 16.3. The van der Waals surface area contributed by atoms with Gasteiger partial charge in [-0.3, -0.25) is 9.48 Å². The van der Waals surface area contributed by atoms with Crippen molar-refractivity contribution in [3.05, 3.63) is 47.5 Å². The lowest BCUT2D eigenvalue weighted by Gasteiger charge is -2.32. The first-order valence-electron chi connectivity index (χ1n) is 9.63. The molecule has 2 aromatic rings. The summed E-state index contributed by atoms with van der Waals surface area (Å²) in [5.41, 5.74) is 1.61. The molecule has 1 fully saturated rings. The number of aryl methyl sites for hydroxylation is 1. The fourth-order valence-electron chi connectivity index (χ4n) is 3.54. The average molecular weight is 373 g/mol. The van der Waals surface area contributed by atoms with Gasteiger partial charge in [-0.15, -0.1) is 0 Å². The predicted molar refractivity (Wildman–Crippen MR) is 102 cm³/mol. The van der Waals surface area contributed by atoms with Crippen molar-refractivity contribution >= 4 is 5.91 Å². The fraction of sp³-hybridized carbons (Fsp3) is 0.524. The standard InChI is InChI=1S/C21H28FN3O2/c1-15(2)11-18-12-20(24(3)23-18)21(26)25-10-4-5-16(13-25)14-27-19-8-6-17(22)7-9-19/h6-9,12,15-16H,4-5,10-11,13-14H2,1-3H3. The van der Waals surface area contributed by atoms with E-state index < -0.39 is 0 Å². The molecular formula is C21H28FN3O2. The second-order valence-corrected chi connectivity index (χ2v) is 7.77. The number of piperidine rings is 1. The van der Waals surface area contributed by atoms with E-state index in [4.69, 9.17) is 4.74 Å². The second-order valence-electron chi connectivity index (χ2n) is 7.77. The van der Waals surface area contributed by atoms with Crippen LogP contribution in [0.5, 0.6) is 5.75 Å². The molecule has 1 aliphatic rings. The quantitative estimate of drug-likeness (QED) is 0.776. The summed E-state index contributed by atoms with van der Waals surface area (Å²) in [4.78, 5) is 14.9. The summed E-state index contributed by atoms with van der Waals surface area (Å²) >= 11 is 0. The van der Waals surface area contributed by atoms with Gasteiger partial charge in [-0.05, 0) is 55.5 Å². The monoisotopic (exact) mass is 373 g/mol. The van der Waals surface area contributed by atoms with Crippen LogP contribution in [0.3, 0.4) is 0 Å². The third-order valence-corrected chi connectivity index (χ3v) is 4.87. The van der Waals surface area contributed by atoms with Crippen molar-refractivity contribution < 1.29 is 13.9 Å². The smallest absolute Gasteiger partial charge is 0.272 e. The van der Waals surface area contributed by atoms with Gasteiger partial charge in [-0.25, -0.2) is 4.39 Å². The number of carbonyl (C=O) groups excluding carboxylic acids is 1. The molecule has 3 rings (SSSR count). The Kier molecular flexibility index (Phi) is 6.14. The zero-order valence-electron chi connectivity index (χ0n) is 16.3. The topological polar surface area (TPSA) is 47.4 Å². The summed E-state index contributed by atoms with van der Waals surface area (Å²) in [6.45, 7) is 6.25. The van der Waals surface area contributed by atoms with E-state index in [9.17, 15) is 9.18 Å². The Balaban J connectivity index is 1.59.